The molecule has 1 aromatic carbocycles. The smallest absolute Gasteiger partial charge is 0.118 e. The molecule has 1 atom stereocenters. The van der Waals surface area contributed by atoms with Gasteiger partial charge in [-0.05, 0) is 24.6 Å². The number of nitrogens with zero attached hydrogens (tertiary/aromatic N) is 1. The number of hydrogen-bond donors (Lipinski definition) is 0. The molecule has 2 rings (SSSR count). The molecule has 0 aliphatic carbocycles. The van der Waals surface area contributed by atoms with Crippen LogP contribution < -0.4 is 4.74 Å². The number of benzene rings is 1. The fraction of sp³-hybridized carbons (Fsp3) is 0.538. The highest BCUT2D eigenvalue weighted by molar-refractivity contribution is 5.28. The zero-order chi connectivity index (χ0) is 11.4. The lowest BCUT2D eigenvalue weighted by molar-refractivity contribution is 0.0198. The highest BCUT2D eigenvalue weighted by atomic mass is 16.5. The third-order valence-electron chi connectivity index (χ3n) is 3.19. The number of ether oxygens (including phenoxy) is 2. The van der Waals surface area contributed by atoms with E-state index in [1.54, 1.807) is 7.11 Å². The molecule has 16 heavy (non-hydrogen) atoms. The van der Waals surface area contributed by atoms with E-state index < -0.39 is 0 Å². The van der Waals surface area contributed by atoms with Gasteiger partial charge in [-0.1, -0.05) is 12.1 Å². The summed E-state index contributed by atoms with van der Waals surface area (Å²) in [5.41, 5.74) is 1.34. The van der Waals surface area contributed by atoms with E-state index in [2.05, 4.69) is 24.0 Å². The van der Waals surface area contributed by atoms with Crippen molar-refractivity contribution >= 4 is 0 Å². The zero-order valence-corrected chi connectivity index (χ0v) is 9.98. The number of morpholine rings is 1. The summed E-state index contributed by atoms with van der Waals surface area (Å²) in [6, 6.07) is 8.77. The van der Waals surface area contributed by atoms with E-state index in [1.165, 1.54) is 5.56 Å². The minimum atomic E-state index is 0.454. The second-order valence-electron chi connectivity index (χ2n) is 4.10. The van der Waals surface area contributed by atoms with E-state index in [0.29, 0.717) is 6.04 Å². The predicted molar refractivity (Wildman–Crippen MR) is 63.8 cm³/mol. The average molecular weight is 221 g/mol. The minimum Gasteiger partial charge on any atom is -0.497 e. The van der Waals surface area contributed by atoms with Crippen LogP contribution in [-0.4, -0.2) is 38.3 Å². The lowest BCUT2D eigenvalue weighted by atomic mass is 10.1. The summed E-state index contributed by atoms with van der Waals surface area (Å²) >= 11 is 0. The van der Waals surface area contributed by atoms with Gasteiger partial charge in [0.1, 0.15) is 5.75 Å². The maximum Gasteiger partial charge on any atom is 0.118 e. The Kier molecular flexibility index (Phi) is 3.80. The molecule has 88 valence electrons. The van der Waals surface area contributed by atoms with Crippen LogP contribution in [0.15, 0.2) is 24.3 Å². The molecule has 0 N–H and O–H groups in total. The van der Waals surface area contributed by atoms with E-state index in [4.69, 9.17) is 9.47 Å². The SMILES string of the molecule is COc1ccc([C@@H](C)N2CCOCC2)cc1. The Hall–Kier alpha value is -1.06. The monoisotopic (exact) mass is 221 g/mol. The van der Waals surface area contributed by atoms with Crippen molar-refractivity contribution in [2.75, 3.05) is 33.4 Å². The number of methoxy groups -OCH3 is 1. The van der Waals surface area contributed by atoms with Crippen LogP contribution in [-0.2, 0) is 4.74 Å². The minimum absolute atomic E-state index is 0.454. The molecule has 0 spiro atoms. The summed E-state index contributed by atoms with van der Waals surface area (Å²) < 4.78 is 10.5. The average Bonchev–Trinajstić information content (AvgIpc) is 2.39. The molecule has 0 bridgehead atoms. The first-order valence-electron chi connectivity index (χ1n) is 5.77. The molecule has 0 amide bonds. The van der Waals surface area contributed by atoms with Crippen LogP contribution in [0.25, 0.3) is 0 Å². The van der Waals surface area contributed by atoms with Crippen molar-refractivity contribution in [3.05, 3.63) is 29.8 Å². The van der Waals surface area contributed by atoms with Gasteiger partial charge in [-0.15, -0.1) is 0 Å². The van der Waals surface area contributed by atoms with Crippen molar-refractivity contribution in [1.82, 2.24) is 4.90 Å². The summed E-state index contributed by atoms with van der Waals surface area (Å²) in [6.07, 6.45) is 0. The molecule has 1 aliphatic heterocycles. The molecule has 1 fully saturated rings. The highest BCUT2D eigenvalue weighted by Crippen LogP contribution is 2.23. The van der Waals surface area contributed by atoms with Crippen LogP contribution in [0.4, 0.5) is 0 Å². The zero-order valence-electron chi connectivity index (χ0n) is 9.98. The maximum atomic E-state index is 5.36. The van der Waals surface area contributed by atoms with Gasteiger partial charge in [0.05, 0.1) is 20.3 Å². The first-order valence-corrected chi connectivity index (χ1v) is 5.77. The normalized spacial score (nSPS) is 19.4. The van der Waals surface area contributed by atoms with Crippen molar-refractivity contribution in [2.45, 2.75) is 13.0 Å². The maximum absolute atomic E-state index is 5.36. The Bertz CT molecular complexity index is 317. The van der Waals surface area contributed by atoms with Gasteiger partial charge in [-0.3, -0.25) is 4.90 Å². The van der Waals surface area contributed by atoms with Gasteiger partial charge in [0.2, 0.25) is 0 Å². The Morgan fingerprint density at radius 2 is 1.81 bits per heavy atom. The van der Waals surface area contributed by atoms with E-state index in [0.717, 1.165) is 32.1 Å². The quantitative estimate of drug-likeness (QED) is 0.780. The molecule has 3 heteroatoms. The second kappa shape index (κ2) is 5.32. The van der Waals surface area contributed by atoms with Gasteiger partial charge in [-0.25, -0.2) is 0 Å². The van der Waals surface area contributed by atoms with E-state index in [9.17, 15) is 0 Å². The molecule has 0 radical (unpaired) electrons. The van der Waals surface area contributed by atoms with E-state index in [1.807, 2.05) is 12.1 Å². The summed E-state index contributed by atoms with van der Waals surface area (Å²) in [6.45, 7) is 5.98. The topological polar surface area (TPSA) is 21.7 Å². The summed E-state index contributed by atoms with van der Waals surface area (Å²) in [5.74, 6) is 0.915. The Labute approximate surface area is 97.0 Å². The van der Waals surface area contributed by atoms with Gasteiger partial charge >= 0.3 is 0 Å². The molecule has 0 saturated carbocycles. The predicted octanol–water partition coefficient (Wildman–Crippen LogP) is 2.09. The molecular weight excluding hydrogens is 202 g/mol. The Morgan fingerprint density at radius 1 is 1.19 bits per heavy atom. The first-order chi connectivity index (χ1) is 7.81. The van der Waals surface area contributed by atoms with Crippen molar-refractivity contribution in [1.29, 1.82) is 0 Å². The van der Waals surface area contributed by atoms with E-state index in [-0.39, 0.29) is 0 Å². The molecule has 0 unspecified atom stereocenters. The Morgan fingerprint density at radius 3 is 2.38 bits per heavy atom. The lowest BCUT2D eigenvalue weighted by Crippen LogP contribution is -2.37. The van der Waals surface area contributed by atoms with Gasteiger partial charge in [0, 0.05) is 19.1 Å². The molecule has 1 saturated heterocycles. The summed E-state index contributed by atoms with van der Waals surface area (Å²) in [4.78, 5) is 2.45. The van der Waals surface area contributed by atoms with Crippen LogP contribution in [0.2, 0.25) is 0 Å². The first kappa shape index (κ1) is 11.4. The van der Waals surface area contributed by atoms with Crippen molar-refractivity contribution in [3.8, 4) is 5.75 Å². The number of rotatable bonds is 3. The summed E-state index contributed by atoms with van der Waals surface area (Å²) in [5, 5.41) is 0. The van der Waals surface area contributed by atoms with Crippen LogP contribution in [0.3, 0.4) is 0 Å². The van der Waals surface area contributed by atoms with Gasteiger partial charge < -0.3 is 9.47 Å². The van der Waals surface area contributed by atoms with Crippen molar-refractivity contribution < 1.29 is 9.47 Å². The lowest BCUT2D eigenvalue weighted by Gasteiger charge is -2.32. The van der Waals surface area contributed by atoms with Crippen LogP contribution in [0, 0.1) is 0 Å². The van der Waals surface area contributed by atoms with Gasteiger partial charge in [-0.2, -0.15) is 0 Å². The molecule has 3 nitrogen and oxygen atoms in total. The Balaban J connectivity index is 2.04. The van der Waals surface area contributed by atoms with E-state index >= 15 is 0 Å². The molecular formula is C13H19NO2. The fourth-order valence-electron chi connectivity index (χ4n) is 2.06. The van der Waals surface area contributed by atoms with Crippen LogP contribution in [0.1, 0.15) is 18.5 Å². The van der Waals surface area contributed by atoms with Crippen LogP contribution >= 0.6 is 0 Å². The third kappa shape index (κ3) is 2.54. The standard InChI is InChI=1S/C13H19NO2/c1-11(14-7-9-16-10-8-14)12-3-5-13(15-2)6-4-12/h3-6,11H,7-10H2,1-2H3/t11-/m1/s1. The molecule has 1 heterocycles. The molecule has 1 aromatic rings. The number of hydrogen-bond acceptors (Lipinski definition) is 3. The third-order valence-corrected chi connectivity index (χ3v) is 3.19. The van der Waals surface area contributed by atoms with Crippen LogP contribution in [0.5, 0.6) is 5.75 Å². The highest BCUT2D eigenvalue weighted by Gasteiger charge is 2.18. The molecule has 0 aromatic heterocycles. The van der Waals surface area contributed by atoms with Crippen molar-refractivity contribution in [3.63, 3.8) is 0 Å². The fourth-order valence-corrected chi connectivity index (χ4v) is 2.06. The van der Waals surface area contributed by atoms with Gasteiger partial charge in [0.25, 0.3) is 0 Å². The van der Waals surface area contributed by atoms with Gasteiger partial charge in [0.15, 0.2) is 0 Å². The van der Waals surface area contributed by atoms with Crippen molar-refractivity contribution in [2.24, 2.45) is 0 Å². The second-order valence-corrected chi connectivity index (χ2v) is 4.10. The summed E-state index contributed by atoms with van der Waals surface area (Å²) in [7, 11) is 1.69. The molecule has 1 aliphatic rings. The largest absolute Gasteiger partial charge is 0.497 e.